The molecule has 2 aromatic rings. The summed E-state index contributed by atoms with van der Waals surface area (Å²) in [4.78, 5) is 26.4. The molecule has 0 unspecified atom stereocenters. The number of rotatable bonds is 3. The molecule has 1 amide bonds. The van der Waals surface area contributed by atoms with Crippen LogP contribution in [-0.2, 0) is 35.3 Å². The number of hydrogen-bond donors (Lipinski definition) is 0. The highest BCUT2D eigenvalue weighted by atomic mass is 16.5. The average molecular weight is 335 g/mol. The maximum absolute atomic E-state index is 12.4. The van der Waals surface area contributed by atoms with Gasteiger partial charge < -0.3 is 9.64 Å². The van der Waals surface area contributed by atoms with Gasteiger partial charge in [-0.15, -0.1) is 0 Å². The number of carbonyl (C=O) groups excluding carboxylic acids is 2. The number of ether oxygens (including phenoxy) is 1. The van der Waals surface area contributed by atoms with Crippen molar-refractivity contribution in [1.29, 1.82) is 0 Å². The van der Waals surface area contributed by atoms with Crippen LogP contribution in [0.3, 0.4) is 0 Å². The molecule has 1 heterocycles. The molecule has 0 saturated heterocycles. The van der Waals surface area contributed by atoms with Crippen molar-refractivity contribution in [3.05, 3.63) is 70.3 Å². The Morgan fingerprint density at radius 1 is 0.920 bits per heavy atom. The minimum Gasteiger partial charge on any atom is -0.452 e. The Morgan fingerprint density at radius 3 is 2.56 bits per heavy atom. The molecule has 0 aromatic heterocycles. The molecule has 25 heavy (non-hydrogen) atoms. The maximum Gasteiger partial charge on any atom is 0.338 e. The predicted molar refractivity (Wildman–Crippen MR) is 94.3 cm³/mol. The highest BCUT2D eigenvalue weighted by Crippen LogP contribution is 2.23. The Bertz CT molecular complexity index is 828. The summed E-state index contributed by atoms with van der Waals surface area (Å²) in [5.74, 6) is -0.551. The van der Waals surface area contributed by atoms with Crippen LogP contribution in [0.2, 0.25) is 0 Å². The number of amides is 1. The zero-order valence-corrected chi connectivity index (χ0v) is 14.2. The Kier molecular flexibility index (Phi) is 4.26. The van der Waals surface area contributed by atoms with Crippen LogP contribution in [0.1, 0.15) is 39.0 Å². The van der Waals surface area contributed by atoms with E-state index in [1.807, 2.05) is 30.3 Å². The van der Waals surface area contributed by atoms with Gasteiger partial charge in [0.15, 0.2) is 6.61 Å². The largest absolute Gasteiger partial charge is 0.452 e. The second-order valence-electron chi connectivity index (χ2n) is 6.75. The Hall–Kier alpha value is -2.62. The first kappa shape index (κ1) is 15.9. The number of hydrogen-bond acceptors (Lipinski definition) is 3. The standard InChI is InChI=1S/C21H21NO3/c23-20(22-11-10-16-4-1-2-5-19(16)13-22)14-25-21(24)18-9-8-15-6-3-7-17(15)12-18/h1-2,4-5,8-9,12H,3,6-7,10-11,13-14H2. The van der Waals surface area contributed by atoms with Gasteiger partial charge in [-0.2, -0.15) is 0 Å². The summed E-state index contributed by atoms with van der Waals surface area (Å²) in [6.07, 6.45) is 4.09. The smallest absolute Gasteiger partial charge is 0.338 e. The van der Waals surface area contributed by atoms with E-state index in [-0.39, 0.29) is 12.5 Å². The second kappa shape index (κ2) is 6.71. The second-order valence-corrected chi connectivity index (χ2v) is 6.75. The summed E-state index contributed by atoms with van der Waals surface area (Å²) in [7, 11) is 0. The van der Waals surface area contributed by atoms with Crippen molar-refractivity contribution in [3.8, 4) is 0 Å². The molecule has 4 nitrogen and oxygen atoms in total. The van der Waals surface area contributed by atoms with Gasteiger partial charge in [-0.3, -0.25) is 4.79 Å². The fraction of sp³-hybridized carbons (Fsp3) is 0.333. The fourth-order valence-corrected chi connectivity index (χ4v) is 3.71. The lowest BCUT2D eigenvalue weighted by Gasteiger charge is -2.28. The zero-order valence-electron chi connectivity index (χ0n) is 14.2. The molecule has 0 saturated carbocycles. The molecule has 0 N–H and O–H groups in total. The van der Waals surface area contributed by atoms with Crippen LogP contribution in [0, 0.1) is 0 Å². The van der Waals surface area contributed by atoms with Crippen molar-refractivity contribution in [2.24, 2.45) is 0 Å². The van der Waals surface area contributed by atoms with Crippen molar-refractivity contribution >= 4 is 11.9 Å². The van der Waals surface area contributed by atoms with Crippen molar-refractivity contribution in [1.82, 2.24) is 4.90 Å². The Balaban J connectivity index is 1.35. The number of nitrogens with zero attached hydrogens (tertiary/aromatic N) is 1. The van der Waals surface area contributed by atoms with Gasteiger partial charge >= 0.3 is 5.97 Å². The number of carbonyl (C=O) groups is 2. The quantitative estimate of drug-likeness (QED) is 0.810. The van der Waals surface area contributed by atoms with Crippen LogP contribution in [0.25, 0.3) is 0 Å². The molecular weight excluding hydrogens is 314 g/mol. The van der Waals surface area contributed by atoms with E-state index in [9.17, 15) is 9.59 Å². The molecule has 0 bridgehead atoms. The molecule has 0 spiro atoms. The molecular formula is C21H21NO3. The summed E-state index contributed by atoms with van der Waals surface area (Å²) in [6, 6.07) is 13.9. The molecule has 1 aliphatic carbocycles. The monoisotopic (exact) mass is 335 g/mol. The highest BCUT2D eigenvalue weighted by molar-refractivity contribution is 5.91. The predicted octanol–water partition coefficient (Wildman–Crippen LogP) is 2.92. The molecule has 4 heteroatoms. The third-order valence-electron chi connectivity index (χ3n) is 5.14. The van der Waals surface area contributed by atoms with Crippen LogP contribution >= 0.6 is 0 Å². The molecule has 2 aromatic carbocycles. The SMILES string of the molecule is O=C(OCC(=O)N1CCc2ccccc2C1)c1ccc2c(c1)CCC2. The summed E-state index contributed by atoms with van der Waals surface area (Å²) >= 11 is 0. The van der Waals surface area contributed by atoms with Crippen molar-refractivity contribution in [2.75, 3.05) is 13.2 Å². The van der Waals surface area contributed by atoms with Crippen LogP contribution in [0.15, 0.2) is 42.5 Å². The molecule has 128 valence electrons. The Labute approximate surface area is 147 Å². The molecule has 0 fully saturated rings. The summed E-state index contributed by atoms with van der Waals surface area (Å²) in [5.41, 5.74) is 5.55. The minimum absolute atomic E-state index is 0.135. The van der Waals surface area contributed by atoms with Gasteiger partial charge in [-0.05, 0) is 60.1 Å². The lowest BCUT2D eigenvalue weighted by molar-refractivity contribution is -0.135. The van der Waals surface area contributed by atoms with Gasteiger partial charge in [0.05, 0.1) is 5.56 Å². The van der Waals surface area contributed by atoms with E-state index in [0.717, 1.165) is 25.7 Å². The summed E-state index contributed by atoms with van der Waals surface area (Å²) in [6.45, 7) is 1.07. The van der Waals surface area contributed by atoms with Gasteiger partial charge in [-0.25, -0.2) is 4.79 Å². The van der Waals surface area contributed by atoms with Crippen LogP contribution in [0.5, 0.6) is 0 Å². The van der Waals surface area contributed by atoms with E-state index in [1.54, 1.807) is 11.0 Å². The number of fused-ring (bicyclic) bond motifs is 2. The Morgan fingerprint density at radius 2 is 1.68 bits per heavy atom. The van der Waals surface area contributed by atoms with E-state index in [0.29, 0.717) is 18.7 Å². The summed E-state index contributed by atoms with van der Waals surface area (Å²) < 4.78 is 5.26. The van der Waals surface area contributed by atoms with E-state index in [2.05, 4.69) is 6.07 Å². The number of benzene rings is 2. The van der Waals surface area contributed by atoms with Gasteiger partial charge in [0, 0.05) is 13.1 Å². The third kappa shape index (κ3) is 3.29. The van der Waals surface area contributed by atoms with E-state index < -0.39 is 5.97 Å². The first-order chi connectivity index (χ1) is 12.2. The van der Waals surface area contributed by atoms with Crippen molar-refractivity contribution in [3.63, 3.8) is 0 Å². The topological polar surface area (TPSA) is 46.6 Å². The van der Waals surface area contributed by atoms with Crippen molar-refractivity contribution in [2.45, 2.75) is 32.2 Å². The normalized spacial score (nSPS) is 15.4. The third-order valence-corrected chi connectivity index (χ3v) is 5.14. The van der Waals surface area contributed by atoms with Crippen LogP contribution in [0.4, 0.5) is 0 Å². The minimum atomic E-state index is -0.416. The van der Waals surface area contributed by atoms with Gasteiger partial charge in [0.2, 0.25) is 0 Å². The van der Waals surface area contributed by atoms with Gasteiger partial charge in [0.1, 0.15) is 0 Å². The average Bonchev–Trinajstić information content (AvgIpc) is 3.13. The zero-order chi connectivity index (χ0) is 17.2. The van der Waals surface area contributed by atoms with Crippen molar-refractivity contribution < 1.29 is 14.3 Å². The van der Waals surface area contributed by atoms with E-state index >= 15 is 0 Å². The van der Waals surface area contributed by atoms with E-state index in [4.69, 9.17) is 4.74 Å². The van der Waals surface area contributed by atoms with Gasteiger partial charge in [0.25, 0.3) is 5.91 Å². The van der Waals surface area contributed by atoms with Gasteiger partial charge in [-0.1, -0.05) is 30.3 Å². The summed E-state index contributed by atoms with van der Waals surface area (Å²) in [5, 5.41) is 0. The van der Waals surface area contributed by atoms with E-state index in [1.165, 1.54) is 22.3 Å². The molecule has 0 radical (unpaired) electrons. The fourth-order valence-electron chi connectivity index (χ4n) is 3.71. The molecule has 1 aliphatic heterocycles. The molecule has 0 atom stereocenters. The highest BCUT2D eigenvalue weighted by Gasteiger charge is 2.22. The first-order valence-corrected chi connectivity index (χ1v) is 8.84. The van der Waals surface area contributed by atoms with Crippen LogP contribution in [-0.4, -0.2) is 29.9 Å². The first-order valence-electron chi connectivity index (χ1n) is 8.84. The van der Waals surface area contributed by atoms with Crippen LogP contribution < -0.4 is 0 Å². The number of aryl methyl sites for hydroxylation is 2. The lowest BCUT2D eigenvalue weighted by Crippen LogP contribution is -2.38. The lowest BCUT2D eigenvalue weighted by atomic mass is 10.00. The maximum atomic E-state index is 12.4. The molecule has 4 rings (SSSR count). The number of esters is 1. The molecule has 2 aliphatic rings.